The molecule has 24 heavy (non-hydrogen) atoms. The zero-order chi connectivity index (χ0) is 17.3. The van der Waals surface area contributed by atoms with Crippen molar-refractivity contribution in [2.45, 2.75) is 6.92 Å². The number of para-hydroxylation sites is 2. The first-order chi connectivity index (χ1) is 11.5. The zero-order valence-electron chi connectivity index (χ0n) is 12.7. The van der Waals surface area contributed by atoms with Gasteiger partial charge in [-0.1, -0.05) is 23.8 Å². The number of hydrogen-bond acceptors (Lipinski definition) is 5. The number of nitro groups is 1. The monoisotopic (exact) mass is 323 g/mol. The standard InChI is InChI=1S/C17H13N3O4/c1-11-6-7-16(21)13(8-11)17(22)12-9-18-19(10-12)14-4-2-3-5-15(14)20(23)24/h2-10,21H,1H3. The molecular formula is C17H13N3O4. The number of nitrogens with zero attached hydrogens (tertiary/aromatic N) is 3. The van der Waals surface area contributed by atoms with Gasteiger partial charge in [0.1, 0.15) is 11.4 Å². The summed E-state index contributed by atoms with van der Waals surface area (Å²) in [7, 11) is 0. The molecule has 0 fully saturated rings. The van der Waals surface area contributed by atoms with E-state index >= 15 is 0 Å². The first-order valence-corrected chi connectivity index (χ1v) is 7.10. The van der Waals surface area contributed by atoms with Crippen LogP contribution in [0.3, 0.4) is 0 Å². The van der Waals surface area contributed by atoms with Crippen molar-refractivity contribution in [1.82, 2.24) is 9.78 Å². The fraction of sp³-hybridized carbons (Fsp3) is 0.0588. The van der Waals surface area contributed by atoms with Gasteiger partial charge in [0.2, 0.25) is 0 Å². The van der Waals surface area contributed by atoms with Crippen LogP contribution in [0.5, 0.6) is 5.75 Å². The minimum Gasteiger partial charge on any atom is -0.507 e. The third-order valence-corrected chi connectivity index (χ3v) is 3.57. The maximum atomic E-state index is 12.5. The van der Waals surface area contributed by atoms with Crippen molar-refractivity contribution < 1.29 is 14.8 Å². The van der Waals surface area contributed by atoms with E-state index < -0.39 is 10.7 Å². The predicted octanol–water partition coefficient (Wildman–Crippen LogP) is 3.03. The van der Waals surface area contributed by atoms with E-state index in [0.29, 0.717) is 0 Å². The van der Waals surface area contributed by atoms with Crippen LogP contribution >= 0.6 is 0 Å². The van der Waals surface area contributed by atoms with Crippen LogP contribution in [0.4, 0.5) is 5.69 Å². The Bertz CT molecular complexity index is 947. The highest BCUT2D eigenvalue weighted by Gasteiger charge is 2.19. The molecule has 0 aliphatic carbocycles. The van der Waals surface area contributed by atoms with Gasteiger partial charge in [0.05, 0.1) is 22.2 Å². The predicted molar refractivity (Wildman–Crippen MR) is 86.5 cm³/mol. The molecule has 7 nitrogen and oxygen atoms in total. The number of rotatable bonds is 4. The van der Waals surface area contributed by atoms with Crippen LogP contribution in [0.1, 0.15) is 21.5 Å². The normalized spacial score (nSPS) is 10.5. The minimum atomic E-state index is -0.509. The first-order valence-electron chi connectivity index (χ1n) is 7.10. The molecule has 120 valence electrons. The van der Waals surface area contributed by atoms with E-state index in [1.165, 1.54) is 29.2 Å². The summed E-state index contributed by atoms with van der Waals surface area (Å²) >= 11 is 0. The van der Waals surface area contributed by atoms with Crippen LogP contribution in [0, 0.1) is 17.0 Å². The molecule has 0 aliphatic rings. The second-order valence-corrected chi connectivity index (χ2v) is 5.27. The number of hydrogen-bond donors (Lipinski definition) is 1. The van der Waals surface area contributed by atoms with Crippen LogP contribution in [0.2, 0.25) is 0 Å². The number of phenols is 1. The smallest absolute Gasteiger partial charge is 0.294 e. The van der Waals surface area contributed by atoms with Gasteiger partial charge in [-0.15, -0.1) is 0 Å². The number of carbonyl (C=O) groups excluding carboxylic acids is 1. The van der Waals surface area contributed by atoms with Crippen molar-refractivity contribution in [3.8, 4) is 11.4 Å². The van der Waals surface area contributed by atoms with Crippen LogP contribution in [0.25, 0.3) is 5.69 Å². The van der Waals surface area contributed by atoms with Crippen molar-refractivity contribution in [2.75, 3.05) is 0 Å². The number of benzene rings is 2. The molecular weight excluding hydrogens is 310 g/mol. The van der Waals surface area contributed by atoms with Gasteiger partial charge < -0.3 is 5.11 Å². The molecule has 3 rings (SSSR count). The molecule has 0 spiro atoms. The van der Waals surface area contributed by atoms with Gasteiger partial charge in [0.15, 0.2) is 5.78 Å². The zero-order valence-corrected chi connectivity index (χ0v) is 12.7. The highest BCUT2D eigenvalue weighted by Crippen LogP contribution is 2.24. The van der Waals surface area contributed by atoms with E-state index in [2.05, 4.69) is 5.10 Å². The Kier molecular flexibility index (Phi) is 3.83. The van der Waals surface area contributed by atoms with Crippen molar-refractivity contribution >= 4 is 11.5 Å². The number of phenolic OH excluding ortho intramolecular Hbond substituents is 1. The SMILES string of the molecule is Cc1ccc(O)c(C(=O)c2cnn(-c3ccccc3[N+](=O)[O-])c2)c1. The summed E-state index contributed by atoms with van der Waals surface area (Å²) in [5.41, 5.74) is 1.38. The minimum absolute atomic E-state index is 0.113. The molecule has 2 aromatic carbocycles. The first kappa shape index (κ1) is 15.4. The molecule has 0 amide bonds. The topological polar surface area (TPSA) is 98.3 Å². The number of aryl methyl sites for hydroxylation is 1. The van der Waals surface area contributed by atoms with Gasteiger partial charge in [-0.3, -0.25) is 14.9 Å². The van der Waals surface area contributed by atoms with Gasteiger partial charge in [-0.2, -0.15) is 5.10 Å². The molecule has 7 heteroatoms. The van der Waals surface area contributed by atoms with Crippen LogP contribution in [-0.4, -0.2) is 25.6 Å². The molecule has 0 radical (unpaired) electrons. The van der Waals surface area contributed by atoms with Gasteiger partial charge in [0.25, 0.3) is 5.69 Å². The number of aromatic hydroxyl groups is 1. The van der Waals surface area contributed by atoms with E-state index in [9.17, 15) is 20.0 Å². The Labute approximate surface area is 136 Å². The Morgan fingerprint density at radius 2 is 2.00 bits per heavy atom. The summed E-state index contributed by atoms with van der Waals surface area (Å²) in [6.45, 7) is 1.81. The lowest BCUT2D eigenvalue weighted by Crippen LogP contribution is -2.02. The maximum absolute atomic E-state index is 12.5. The second-order valence-electron chi connectivity index (χ2n) is 5.27. The Hall–Kier alpha value is -3.48. The van der Waals surface area contributed by atoms with E-state index in [1.54, 1.807) is 30.3 Å². The molecule has 0 aliphatic heterocycles. The van der Waals surface area contributed by atoms with Crippen molar-refractivity contribution in [2.24, 2.45) is 0 Å². The molecule has 0 bridgehead atoms. The van der Waals surface area contributed by atoms with E-state index in [0.717, 1.165) is 5.56 Å². The third kappa shape index (κ3) is 2.74. The molecule has 1 N–H and O–H groups in total. The molecule has 0 saturated carbocycles. The lowest BCUT2D eigenvalue weighted by molar-refractivity contribution is -0.384. The fourth-order valence-electron chi connectivity index (χ4n) is 2.37. The fourth-order valence-corrected chi connectivity index (χ4v) is 2.37. The van der Waals surface area contributed by atoms with E-state index in [1.807, 2.05) is 6.92 Å². The molecule has 3 aromatic rings. The van der Waals surface area contributed by atoms with Crippen LogP contribution in [0.15, 0.2) is 54.9 Å². The van der Waals surface area contributed by atoms with Gasteiger partial charge in [-0.05, 0) is 25.1 Å². The lowest BCUT2D eigenvalue weighted by Gasteiger charge is -2.03. The number of carbonyl (C=O) groups is 1. The van der Waals surface area contributed by atoms with Gasteiger partial charge in [0, 0.05) is 12.3 Å². The van der Waals surface area contributed by atoms with E-state index in [4.69, 9.17) is 0 Å². The number of aromatic nitrogens is 2. The van der Waals surface area contributed by atoms with Gasteiger partial charge >= 0.3 is 0 Å². The summed E-state index contributed by atoms with van der Waals surface area (Å²) in [5.74, 6) is -0.523. The molecule has 0 unspecified atom stereocenters. The summed E-state index contributed by atoms with van der Waals surface area (Å²) in [4.78, 5) is 23.1. The molecule has 1 heterocycles. The maximum Gasteiger partial charge on any atom is 0.294 e. The van der Waals surface area contributed by atoms with Gasteiger partial charge in [-0.25, -0.2) is 4.68 Å². The average molecular weight is 323 g/mol. The van der Waals surface area contributed by atoms with Crippen molar-refractivity contribution in [3.63, 3.8) is 0 Å². The third-order valence-electron chi connectivity index (χ3n) is 3.57. The average Bonchev–Trinajstić information content (AvgIpc) is 3.06. The Morgan fingerprint density at radius 1 is 1.25 bits per heavy atom. The molecule has 1 aromatic heterocycles. The summed E-state index contributed by atoms with van der Waals surface area (Å²) in [6.07, 6.45) is 2.73. The van der Waals surface area contributed by atoms with Crippen LogP contribution < -0.4 is 0 Å². The highest BCUT2D eigenvalue weighted by atomic mass is 16.6. The Balaban J connectivity index is 2.01. The molecule has 0 saturated heterocycles. The molecule has 0 atom stereocenters. The van der Waals surface area contributed by atoms with Crippen molar-refractivity contribution in [1.29, 1.82) is 0 Å². The summed E-state index contributed by atoms with van der Waals surface area (Å²) in [6, 6.07) is 10.9. The van der Waals surface area contributed by atoms with E-state index in [-0.39, 0.29) is 28.3 Å². The number of nitro benzene ring substituents is 1. The quantitative estimate of drug-likeness (QED) is 0.452. The summed E-state index contributed by atoms with van der Waals surface area (Å²) < 4.78 is 1.28. The Morgan fingerprint density at radius 3 is 2.75 bits per heavy atom. The lowest BCUT2D eigenvalue weighted by atomic mass is 10.0. The van der Waals surface area contributed by atoms with Crippen molar-refractivity contribution in [3.05, 3.63) is 81.7 Å². The second kappa shape index (κ2) is 5.96. The summed E-state index contributed by atoms with van der Waals surface area (Å²) in [5, 5.41) is 25.0. The number of ketones is 1. The van der Waals surface area contributed by atoms with Crippen LogP contribution in [-0.2, 0) is 0 Å². The largest absolute Gasteiger partial charge is 0.507 e. The highest BCUT2D eigenvalue weighted by molar-refractivity contribution is 6.10.